The van der Waals surface area contributed by atoms with Crippen molar-refractivity contribution in [1.29, 1.82) is 0 Å². The lowest BCUT2D eigenvalue weighted by Gasteiger charge is -2.60. The Bertz CT molecular complexity index is 860. The minimum atomic E-state index is -0.631. The van der Waals surface area contributed by atoms with Gasteiger partial charge >= 0.3 is 5.97 Å². The monoisotopic (exact) mass is 516 g/mol. The third-order valence-electron chi connectivity index (χ3n) is 11.7. The van der Waals surface area contributed by atoms with E-state index >= 15 is 0 Å². The number of aliphatic carboxylic acids is 1. The number of allylic oxidation sites excluding steroid dienone is 1. The number of ether oxygens (including phenoxy) is 4. The maximum atomic E-state index is 11.6. The summed E-state index contributed by atoms with van der Waals surface area (Å²) >= 11 is 0. The molecule has 0 aromatic heterocycles. The molecule has 2 aliphatic heterocycles. The van der Waals surface area contributed by atoms with Crippen LogP contribution < -0.4 is 0 Å². The van der Waals surface area contributed by atoms with Gasteiger partial charge in [-0.15, -0.1) is 0 Å². The fourth-order valence-electron chi connectivity index (χ4n) is 9.65. The van der Waals surface area contributed by atoms with Crippen LogP contribution in [0.15, 0.2) is 11.6 Å². The lowest BCUT2D eigenvalue weighted by atomic mass is 9.46. The van der Waals surface area contributed by atoms with Crippen molar-refractivity contribution >= 4 is 5.97 Å². The topological polar surface area (TPSA) is 74.2 Å². The van der Waals surface area contributed by atoms with E-state index in [2.05, 4.69) is 19.9 Å². The zero-order valence-electron chi connectivity index (χ0n) is 23.0. The highest BCUT2D eigenvalue weighted by atomic mass is 16.7. The molecule has 2 heterocycles. The minimum absolute atomic E-state index is 0.0107. The van der Waals surface area contributed by atoms with Gasteiger partial charge in [0.15, 0.2) is 12.6 Å². The van der Waals surface area contributed by atoms with Crippen LogP contribution >= 0.6 is 0 Å². The van der Waals surface area contributed by atoms with E-state index in [4.69, 9.17) is 18.9 Å². The van der Waals surface area contributed by atoms with Crippen LogP contribution in [0.1, 0.15) is 104 Å². The van der Waals surface area contributed by atoms with Crippen molar-refractivity contribution < 1.29 is 28.8 Å². The summed E-state index contributed by atoms with van der Waals surface area (Å²) in [4.78, 5) is 11.6. The Kier molecular flexibility index (Phi) is 7.50. The van der Waals surface area contributed by atoms with Crippen LogP contribution in [0.4, 0.5) is 0 Å². The van der Waals surface area contributed by atoms with E-state index in [0.29, 0.717) is 30.1 Å². The minimum Gasteiger partial charge on any atom is -0.481 e. The molecular weight excluding hydrogens is 468 g/mol. The van der Waals surface area contributed by atoms with Gasteiger partial charge in [0, 0.05) is 31.5 Å². The molecule has 4 aliphatic carbocycles. The Hall–Kier alpha value is -0.950. The lowest BCUT2D eigenvalue weighted by Crippen LogP contribution is -2.57. The largest absolute Gasteiger partial charge is 0.481 e. The first-order chi connectivity index (χ1) is 17.9. The van der Waals surface area contributed by atoms with Gasteiger partial charge < -0.3 is 24.1 Å². The van der Waals surface area contributed by atoms with Crippen LogP contribution in [0.2, 0.25) is 0 Å². The van der Waals surface area contributed by atoms with Crippen molar-refractivity contribution in [3.05, 3.63) is 11.6 Å². The number of carbonyl (C=O) groups is 1. The Morgan fingerprint density at radius 3 is 2.38 bits per heavy atom. The molecule has 0 aromatic carbocycles. The van der Waals surface area contributed by atoms with Crippen molar-refractivity contribution in [3.8, 4) is 0 Å². The van der Waals surface area contributed by atoms with E-state index in [0.717, 1.165) is 71.0 Å². The van der Waals surface area contributed by atoms with E-state index in [1.165, 1.54) is 31.3 Å². The van der Waals surface area contributed by atoms with Crippen LogP contribution in [0, 0.1) is 34.5 Å². The number of hydrogen-bond donors (Lipinski definition) is 1. The molecule has 6 rings (SSSR count). The van der Waals surface area contributed by atoms with Crippen molar-refractivity contribution in [3.63, 3.8) is 0 Å². The summed E-state index contributed by atoms with van der Waals surface area (Å²) in [5.41, 5.74) is 1.68. The highest BCUT2D eigenvalue weighted by Gasteiger charge is 2.61. The highest BCUT2D eigenvalue weighted by molar-refractivity contribution is 5.67. The SMILES string of the molecule is C[C@]12CC[C@H]3[C@@H](CC=C4C[C@@H](OC5CCCCO5)C[C@H](OC5CCCCO5)[C@@]43C)[C@@H]1CC[C@@H]2CC(=O)O. The van der Waals surface area contributed by atoms with Crippen LogP contribution in [-0.2, 0) is 23.7 Å². The number of hydrogen-bond acceptors (Lipinski definition) is 5. The molecule has 0 amide bonds. The molecule has 0 bridgehead atoms. The molecule has 5 fully saturated rings. The van der Waals surface area contributed by atoms with Gasteiger partial charge in [0.05, 0.1) is 12.2 Å². The highest BCUT2D eigenvalue weighted by Crippen LogP contribution is 2.67. The molecule has 6 heteroatoms. The molecule has 6 aliphatic rings. The molecule has 6 nitrogen and oxygen atoms in total. The Morgan fingerprint density at radius 1 is 0.973 bits per heavy atom. The van der Waals surface area contributed by atoms with Crippen molar-refractivity contribution in [2.24, 2.45) is 34.5 Å². The Morgan fingerprint density at radius 2 is 1.70 bits per heavy atom. The zero-order chi connectivity index (χ0) is 25.6. The molecule has 0 radical (unpaired) electrons. The second kappa shape index (κ2) is 10.6. The summed E-state index contributed by atoms with van der Waals surface area (Å²) in [6, 6.07) is 0. The first kappa shape index (κ1) is 26.3. The molecular formula is C31H48O6. The fraction of sp³-hybridized carbons (Fsp3) is 0.903. The van der Waals surface area contributed by atoms with Crippen LogP contribution in [0.25, 0.3) is 0 Å². The molecule has 1 N–H and O–H groups in total. The third kappa shape index (κ3) is 4.83. The van der Waals surface area contributed by atoms with Crippen LogP contribution in [-0.4, -0.2) is 49.1 Å². The van der Waals surface area contributed by atoms with Gasteiger partial charge in [-0.05, 0) is 106 Å². The molecule has 0 spiro atoms. The molecule has 208 valence electrons. The number of carboxylic acids is 1. The van der Waals surface area contributed by atoms with Crippen molar-refractivity contribution in [2.75, 3.05) is 13.2 Å². The number of carboxylic acid groups (broad SMARTS) is 1. The smallest absolute Gasteiger partial charge is 0.303 e. The standard InChI is InChI=1S/C31H48O6/c1-30-14-13-25-23(24(30)12-10-20(30)18-27(32)33)11-9-21-17-22(36-28-7-3-5-15-34-28)19-26(31(21,25)2)37-29-8-4-6-16-35-29/h9,20,22-26,28-29H,3-8,10-19H2,1-2H3,(H,32,33)/t20-,22-,23+,24+,25+,26+,28?,29?,30-,31+/m1/s1. The number of fused-ring (bicyclic) bond motifs is 5. The van der Waals surface area contributed by atoms with Gasteiger partial charge in [-0.1, -0.05) is 25.5 Å². The molecule has 37 heavy (non-hydrogen) atoms. The maximum absolute atomic E-state index is 11.6. The summed E-state index contributed by atoms with van der Waals surface area (Å²) in [6.07, 6.45) is 17.0. The lowest BCUT2D eigenvalue weighted by molar-refractivity contribution is -0.248. The average molecular weight is 517 g/mol. The summed E-state index contributed by atoms with van der Waals surface area (Å²) in [7, 11) is 0. The fourth-order valence-corrected chi connectivity index (χ4v) is 9.65. The third-order valence-corrected chi connectivity index (χ3v) is 11.7. The first-order valence-corrected chi connectivity index (χ1v) is 15.3. The maximum Gasteiger partial charge on any atom is 0.303 e. The average Bonchev–Trinajstić information content (AvgIpc) is 3.21. The van der Waals surface area contributed by atoms with Crippen LogP contribution in [0.5, 0.6) is 0 Å². The van der Waals surface area contributed by atoms with Gasteiger partial charge in [-0.25, -0.2) is 0 Å². The van der Waals surface area contributed by atoms with Gasteiger partial charge in [0.1, 0.15) is 0 Å². The van der Waals surface area contributed by atoms with Gasteiger partial charge in [-0.3, -0.25) is 4.79 Å². The summed E-state index contributed by atoms with van der Waals surface area (Å²) in [6.45, 7) is 6.50. The molecule has 0 aromatic rings. The predicted octanol–water partition coefficient (Wildman–Crippen LogP) is 6.47. The van der Waals surface area contributed by atoms with Crippen molar-refractivity contribution in [1.82, 2.24) is 0 Å². The molecule has 3 saturated carbocycles. The van der Waals surface area contributed by atoms with E-state index in [-0.39, 0.29) is 35.6 Å². The molecule has 10 atom stereocenters. The summed E-state index contributed by atoms with van der Waals surface area (Å²) in [5, 5.41) is 9.58. The van der Waals surface area contributed by atoms with E-state index < -0.39 is 5.97 Å². The quantitative estimate of drug-likeness (QED) is 0.408. The van der Waals surface area contributed by atoms with E-state index in [1.54, 1.807) is 0 Å². The van der Waals surface area contributed by atoms with Gasteiger partial charge in [0.2, 0.25) is 0 Å². The Labute approximate surface area is 222 Å². The second-order valence-electron chi connectivity index (χ2n) is 13.5. The van der Waals surface area contributed by atoms with Gasteiger partial charge in [0.25, 0.3) is 0 Å². The van der Waals surface area contributed by atoms with Crippen LogP contribution in [0.3, 0.4) is 0 Å². The summed E-state index contributed by atoms with van der Waals surface area (Å²) in [5.74, 6) is 1.49. The molecule has 2 unspecified atom stereocenters. The Balaban J connectivity index is 1.26. The number of rotatable bonds is 6. The first-order valence-electron chi connectivity index (χ1n) is 15.3. The van der Waals surface area contributed by atoms with E-state index in [1.807, 2.05) is 0 Å². The summed E-state index contributed by atoms with van der Waals surface area (Å²) < 4.78 is 25.6. The van der Waals surface area contributed by atoms with Crippen molar-refractivity contribution in [2.45, 2.75) is 129 Å². The van der Waals surface area contributed by atoms with E-state index in [9.17, 15) is 9.90 Å². The second-order valence-corrected chi connectivity index (χ2v) is 13.5. The predicted molar refractivity (Wildman–Crippen MR) is 140 cm³/mol. The zero-order valence-corrected chi connectivity index (χ0v) is 23.0. The van der Waals surface area contributed by atoms with Gasteiger partial charge in [-0.2, -0.15) is 0 Å². The molecule has 2 saturated heterocycles. The normalized spacial score (nSPS) is 47.9.